The Balaban J connectivity index is 1.73. The van der Waals surface area contributed by atoms with E-state index in [-0.39, 0.29) is 27.8 Å². The van der Waals surface area contributed by atoms with Gasteiger partial charge in [0.1, 0.15) is 11.6 Å². The molecule has 2 aromatic carbocycles. The number of allylic oxidation sites excluding steroid dienone is 8. The van der Waals surface area contributed by atoms with Gasteiger partial charge < -0.3 is 14.6 Å². The van der Waals surface area contributed by atoms with Crippen LogP contribution in [-0.2, 0) is 24.2 Å². The molecule has 0 fully saturated rings. The van der Waals surface area contributed by atoms with E-state index in [2.05, 4.69) is 60.7 Å². The topological polar surface area (TPSA) is 38.7 Å². The van der Waals surface area contributed by atoms with Crippen LogP contribution in [0.5, 0.6) is 5.75 Å². The fourth-order valence-corrected chi connectivity index (χ4v) is 5.89. The molecule has 0 aromatic heterocycles. The maximum Gasteiger partial charge on any atom is 0.188 e. The number of halogens is 1. The average Bonchev–Trinajstić information content (AvgIpc) is 2.86. The van der Waals surface area contributed by atoms with Crippen LogP contribution in [0.4, 0.5) is 4.39 Å². The van der Waals surface area contributed by atoms with E-state index < -0.39 is 0 Å². The Bertz CT molecular complexity index is 1100. The first-order chi connectivity index (χ1) is 16.7. The predicted octanol–water partition coefficient (Wildman–Crippen LogP) is 5.28. The molecule has 0 saturated carbocycles. The van der Waals surface area contributed by atoms with Gasteiger partial charge in [-0.25, -0.2) is 4.39 Å². The number of benzene rings is 2. The van der Waals surface area contributed by atoms with E-state index >= 15 is 0 Å². The van der Waals surface area contributed by atoms with Crippen molar-refractivity contribution in [2.45, 2.75) is 32.3 Å². The fourth-order valence-electron chi connectivity index (χ4n) is 4.52. The molecule has 2 aromatic rings. The highest BCUT2D eigenvalue weighted by molar-refractivity contribution is 7.55. The summed E-state index contributed by atoms with van der Waals surface area (Å²) in [5.41, 5.74) is 3.06. The molecular formula is C29H32FO3P. The van der Waals surface area contributed by atoms with Crippen molar-refractivity contribution in [3.63, 3.8) is 0 Å². The van der Waals surface area contributed by atoms with Crippen LogP contribution in [0.1, 0.15) is 29.5 Å². The van der Waals surface area contributed by atoms with Crippen LogP contribution in [0, 0.1) is 17.7 Å². The van der Waals surface area contributed by atoms with Gasteiger partial charge in [0.05, 0.1) is 6.61 Å². The highest BCUT2D eigenvalue weighted by Gasteiger charge is 2.19. The third-order valence-electron chi connectivity index (χ3n) is 6.17. The molecule has 3 nitrogen and oxygen atoms in total. The van der Waals surface area contributed by atoms with Crippen LogP contribution in [0.2, 0.25) is 0 Å². The molecule has 0 aliphatic heterocycles. The second kappa shape index (κ2) is 12.3. The van der Waals surface area contributed by atoms with Crippen molar-refractivity contribution in [1.29, 1.82) is 0 Å². The second-order valence-corrected chi connectivity index (χ2v) is 10.1. The van der Waals surface area contributed by atoms with Gasteiger partial charge in [-0.1, -0.05) is 69.3 Å². The highest BCUT2D eigenvalue weighted by atomic mass is 31.1. The SMILES string of the molecule is COCOc1c(CC2C=CC=CC2)cc(CC2C=CC=CC2)cc1Pc1ccc(F)cc1CO. The first-order valence-electron chi connectivity index (χ1n) is 11.8. The van der Waals surface area contributed by atoms with Crippen LogP contribution >= 0.6 is 8.58 Å². The zero-order valence-corrected chi connectivity index (χ0v) is 20.5. The van der Waals surface area contributed by atoms with Crippen molar-refractivity contribution in [2.24, 2.45) is 11.8 Å². The monoisotopic (exact) mass is 478 g/mol. The maximum absolute atomic E-state index is 13.8. The summed E-state index contributed by atoms with van der Waals surface area (Å²) in [6, 6.07) is 9.16. The molecule has 2 aliphatic carbocycles. The van der Waals surface area contributed by atoms with Crippen molar-refractivity contribution in [2.75, 3.05) is 13.9 Å². The molecule has 0 spiro atoms. The van der Waals surface area contributed by atoms with Crippen LogP contribution < -0.4 is 15.3 Å². The minimum atomic E-state index is -0.336. The van der Waals surface area contributed by atoms with Gasteiger partial charge in [-0.3, -0.25) is 0 Å². The van der Waals surface area contributed by atoms with E-state index in [4.69, 9.17) is 9.47 Å². The van der Waals surface area contributed by atoms with Gasteiger partial charge in [-0.05, 0) is 77.7 Å². The largest absolute Gasteiger partial charge is 0.467 e. The highest BCUT2D eigenvalue weighted by Crippen LogP contribution is 2.31. The quantitative estimate of drug-likeness (QED) is 0.373. The zero-order chi connectivity index (χ0) is 23.8. The molecule has 178 valence electrons. The van der Waals surface area contributed by atoms with Crippen molar-refractivity contribution >= 4 is 19.2 Å². The van der Waals surface area contributed by atoms with Gasteiger partial charge in [0.2, 0.25) is 0 Å². The summed E-state index contributed by atoms with van der Waals surface area (Å²) in [6.07, 6.45) is 21.3. The van der Waals surface area contributed by atoms with Gasteiger partial charge in [-0.15, -0.1) is 0 Å². The molecule has 0 saturated heterocycles. The van der Waals surface area contributed by atoms with E-state index in [1.807, 2.05) is 0 Å². The Kier molecular flexibility index (Phi) is 8.87. The minimum absolute atomic E-state index is 0.163. The number of rotatable bonds is 10. The summed E-state index contributed by atoms with van der Waals surface area (Å²) < 4.78 is 25.2. The lowest BCUT2D eigenvalue weighted by Gasteiger charge is -2.22. The molecule has 34 heavy (non-hydrogen) atoms. The van der Waals surface area contributed by atoms with Crippen LogP contribution in [0.25, 0.3) is 0 Å². The molecule has 0 bridgehead atoms. The normalized spacial score (nSPS) is 19.4. The lowest BCUT2D eigenvalue weighted by atomic mass is 9.89. The minimum Gasteiger partial charge on any atom is -0.467 e. The fraction of sp³-hybridized carbons (Fsp3) is 0.310. The van der Waals surface area contributed by atoms with Gasteiger partial charge >= 0.3 is 0 Å². The Morgan fingerprint density at radius 2 is 1.65 bits per heavy atom. The van der Waals surface area contributed by atoms with E-state index in [1.165, 1.54) is 23.3 Å². The molecule has 0 heterocycles. The summed E-state index contributed by atoms with van der Waals surface area (Å²) in [4.78, 5) is 0. The maximum atomic E-state index is 13.8. The first-order valence-corrected chi connectivity index (χ1v) is 12.8. The van der Waals surface area contributed by atoms with Crippen molar-refractivity contribution in [3.8, 4) is 5.75 Å². The molecule has 3 atom stereocenters. The molecule has 4 rings (SSSR count). The van der Waals surface area contributed by atoms with Gasteiger partial charge in [-0.2, -0.15) is 0 Å². The van der Waals surface area contributed by atoms with Gasteiger partial charge in [0.15, 0.2) is 6.79 Å². The van der Waals surface area contributed by atoms with E-state index in [9.17, 15) is 9.50 Å². The molecule has 2 aliphatic rings. The van der Waals surface area contributed by atoms with Crippen LogP contribution in [-0.4, -0.2) is 19.0 Å². The molecule has 1 N–H and O–H groups in total. The van der Waals surface area contributed by atoms with Crippen molar-refractivity contribution in [1.82, 2.24) is 0 Å². The molecule has 3 unspecified atom stereocenters. The summed E-state index contributed by atoms with van der Waals surface area (Å²) in [5.74, 6) is 1.39. The lowest BCUT2D eigenvalue weighted by molar-refractivity contribution is 0.0511. The summed E-state index contributed by atoms with van der Waals surface area (Å²) in [7, 11) is 1.86. The Morgan fingerprint density at radius 3 is 2.29 bits per heavy atom. The molecule has 0 amide bonds. The van der Waals surface area contributed by atoms with E-state index in [0.29, 0.717) is 17.4 Å². The van der Waals surface area contributed by atoms with Crippen LogP contribution in [0.15, 0.2) is 78.9 Å². The average molecular weight is 479 g/mol. The summed E-state index contributed by atoms with van der Waals surface area (Å²) in [5, 5.41) is 11.8. The van der Waals surface area contributed by atoms with Gasteiger partial charge in [0, 0.05) is 12.4 Å². The third-order valence-corrected chi connectivity index (χ3v) is 7.57. The number of aliphatic hydroxyl groups is 1. The Hall–Kier alpha value is -2.52. The second-order valence-electron chi connectivity index (χ2n) is 8.79. The smallest absolute Gasteiger partial charge is 0.188 e. The number of ether oxygens (including phenoxy) is 2. The number of aliphatic hydroxyl groups excluding tert-OH is 1. The van der Waals surface area contributed by atoms with Crippen molar-refractivity contribution < 1.29 is 19.0 Å². The predicted molar refractivity (Wildman–Crippen MR) is 139 cm³/mol. The molecule has 5 heteroatoms. The van der Waals surface area contributed by atoms with E-state index in [1.54, 1.807) is 13.2 Å². The summed E-state index contributed by atoms with van der Waals surface area (Å²) >= 11 is 0. The Labute approximate surface area is 203 Å². The lowest BCUT2D eigenvalue weighted by Crippen LogP contribution is -2.18. The summed E-state index contributed by atoms with van der Waals surface area (Å²) in [6.45, 7) is -0.0318. The first kappa shape index (κ1) is 24.6. The van der Waals surface area contributed by atoms with Crippen molar-refractivity contribution in [3.05, 3.63) is 101 Å². The third kappa shape index (κ3) is 6.54. The number of hydrogen-bond donors (Lipinski definition) is 1. The van der Waals surface area contributed by atoms with Gasteiger partial charge in [0.25, 0.3) is 0 Å². The number of methoxy groups -OCH3 is 1. The standard InChI is InChI=1S/C29H32FO3P/c1-32-20-33-29-24(15-22-10-6-3-7-11-22)16-23(14-21-8-4-2-5-9-21)17-28(29)34-27-13-12-26(30)18-25(27)19-31/h2-8,10,12-13,16-18,21-22,31,34H,9,11,14-15,19-20H2,1H3. The molecule has 0 radical (unpaired) electrons. The van der Waals surface area contributed by atoms with E-state index in [0.717, 1.165) is 42.0 Å². The number of hydrogen-bond acceptors (Lipinski definition) is 3. The van der Waals surface area contributed by atoms with Crippen LogP contribution in [0.3, 0.4) is 0 Å². The zero-order valence-electron chi connectivity index (χ0n) is 19.5. The Morgan fingerprint density at radius 1 is 0.912 bits per heavy atom. The molecular weight excluding hydrogens is 446 g/mol.